The van der Waals surface area contributed by atoms with Crippen molar-refractivity contribution in [1.82, 2.24) is 0 Å². The second kappa shape index (κ2) is 4.46. The van der Waals surface area contributed by atoms with Crippen LogP contribution in [-0.2, 0) is 4.74 Å². The van der Waals surface area contributed by atoms with Crippen molar-refractivity contribution in [2.24, 2.45) is 0 Å². The summed E-state index contributed by atoms with van der Waals surface area (Å²) in [6.07, 6.45) is 0. The van der Waals surface area contributed by atoms with E-state index in [2.05, 4.69) is 20.7 Å². The Balaban J connectivity index is 3.22. The largest absolute Gasteiger partial charge is 0.496 e. The van der Waals surface area contributed by atoms with Crippen LogP contribution in [0.15, 0.2) is 16.6 Å². The number of esters is 1. The van der Waals surface area contributed by atoms with Crippen molar-refractivity contribution in [3.8, 4) is 5.75 Å². The number of ether oxygens (including phenoxy) is 2. The third kappa shape index (κ3) is 2.07. The molecule has 0 aromatic heterocycles. The zero-order chi connectivity index (χ0) is 10.7. The van der Waals surface area contributed by atoms with Crippen molar-refractivity contribution < 1.29 is 14.3 Å². The van der Waals surface area contributed by atoms with E-state index in [0.29, 0.717) is 11.3 Å². The fourth-order valence-electron chi connectivity index (χ4n) is 1.10. The average Bonchev–Trinajstić information content (AvgIpc) is 2.20. The zero-order valence-electron chi connectivity index (χ0n) is 8.26. The fraction of sp³-hybridized carbons (Fsp3) is 0.300. The standard InChI is InChI=1S/C10H11BrO3/c1-6-8(11)4-7(10(12)14-3)5-9(6)13-2/h4-5H,1-3H3. The third-order valence-corrected chi connectivity index (χ3v) is 2.76. The van der Waals surface area contributed by atoms with E-state index in [9.17, 15) is 4.79 Å². The summed E-state index contributed by atoms with van der Waals surface area (Å²) in [5.74, 6) is 0.295. The Bertz CT molecular complexity index is 361. The topological polar surface area (TPSA) is 35.5 Å². The highest BCUT2D eigenvalue weighted by Gasteiger charge is 2.11. The predicted octanol–water partition coefficient (Wildman–Crippen LogP) is 2.55. The Labute approximate surface area is 91.1 Å². The van der Waals surface area contributed by atoms with Gasteiger partial charge in [-0.25, -0.2) is 4.79 Å². The van der Waals surface area contributed by atoms with Crippen molar-refractivity contribution in [1.29, 1.82) is 0 Å². The molecule has 0 aliphatic rings. The van der Waals surface area contributed by atoms with Crippen LogP contribution in [0.2, 0.25) is 0 Å². The van der Waals surface area contributed by atoms with Crippen molar-refractivity contribution in [3.63, 3.8) is 0 Å². The van der Waals surface area contributed by atoms with E-state index in [-0.39, 0.29) is 5.97 Å². The first-order valence-corrected chi connectivity index (χ1v) is 4.82. The van der Waals surface area contributed by atoms with Crippen molar-refractivity contribution in [2.75, 3.05) is 14.2 Å². The normalized spacial score (nSPS) is 9.71. The highest BCUT2D eigenvalue weighted by Crippen LogP contribution is 2.27. The van der Waals surface area contributed by atoms with Gasteiger partial charge in [-0.2, -0.15) is 0 Å². The summed E-state index contributed by atoms with van der Waals surface area (Å²) in [5, 5.41) is 0. The van der Waals surface area contributed by atoms with Crippen LogP contribution in [0.1, 0.15) is 15.9 Å². The molecule has 0 saturated carbocycles. The molecule has 4 heteroatoms. The average molecular weight is 259 g/mol. The highest BCUT2D eigenvalue weighted by molar-refractivity contribution is 9.10. The molecular weight excluding hydrogens is 248 g/mol. The lowest BCUT2D eigenvalue weighted by molar-refractivity contribution is 0.0600. The summed E-state index contributed by atoms with van der Waals surface area (Å²) >= 11 is 3.35. The molecule has 0 spiro atoms. The molecule has 0 aliphatic heterocycles. The van der Waals surface area contributed by atoms with Gasteiger partial charge in [0, 0.05) is 10.0 Å². The van der Waals surface area contributed by atoms with Crippen LogP contribution < -0.4 is 4.74 Å². The molecule has 0 radical (unpaired) electrons. The third-order valence-electron chi connectivity index (χ3n) is 1.94. The van der Waals surface area contributed by atoms with Gasteiger partial charge in [0.1, 0.15) is 5.75 Å². The molecule has 3 nitrogen and oxygen atoms in total. The number of carbonyl (C=O) groups excluding carboxylic acids is 1. The predicted molar refractivity (Wildman–Crippen MR) is 56.8 cm³/mol. The lowest BCUT2D eigenvalue weighted by Gasteiger charge is -2.08. The van der Waals surface area contributed by atoms with Crippen LogP contribution in [0.4, 0.5) is 0 Å². The summed E-state index contributed by atoms with van der Waals surface area (Å²) in [7, 11) is 2.92. The first-order chi connectivity index (χ1) is 6.60. The Morgan fingerprint density at radius 3 is 2.50 bits per heavy atom. The van der Waals surface area contributed by atoms with Crippen LogP contribution >= 0.6 is 15.9 Å². The van der Waals surface area contributed by atoms with Gasteiger partial charge in [-0.05, 0) is 19.1 Å². The van der Waals surface area contributed by atoms with Crippen LogP contribution in [-0.4, -0.2) is 20.2 Å². The molecule has 76 valence electrons. The van der Waals surface area contributed by atoms with Gasteiger partial charge in [0.25, 0.3) is 0 Å². The highest BCUT2D eigenvalue weighted by atomic mass is 79.9. The summed E-state index contributed by atoms with van der Waals surface area (Å²) in [4.78, 5) is 11.2. The number of hydrogen-bond donors (Lipinski definition) is 0. The van der Waals surface area contributed by atoms with Gasteiger partial charge >= 0.3 is 5.97 Å². The Kier molecular flexibility index (Phi) is 3.52. The van der Waals surface area contributed by atoms with E-state index in [1.54, 1.807) is 19.2 Å². The SMILES string of the molecule is COC(=O)c1cc(Br)c(C)c(OC)c1. The van der Waals surface area contributed by atoms with Crippen molar-refractivity contribution in [2.45, 2.75) is 6.92 Å². The van der Waals surface area contributed by atoms with Crippen molar-refractivity contribution in [3.05, 3.63) is 27.7 Å². The minimum absolute atomic E-state index is 0.371. The number of hydrogen-bond acceptors (Lipinski definition) is 3. The molecule has 0 bridgehead atoms. The summed E-state index contributed by atoms with van der Waals surface area (Å²) in [5.41, 5.74) is 1.43. The molecule has 1 aromatic rings. The molecule has 0 heterocycles. The molecule has 14 heavy (non-hydrogen) atoms. The van der Waals surface area contributed by atoms with E-state index in [1.807, 2.05) is 6.92 Å². The molecular formula is C10H11BrO3. The quantitative estimate of drug-likeness (QED) is 0.765. The molecule has 0 N–H and O–H groups in total. The Morgan fingerprint density at radius 2 is 2.00 bits per heavy atom. The molecule has 0 aliphatic carbocycles. The van der Waals surface area contributed by atoms with Crippen LogP contribution in [0.5, 0.6) is 5.75 Å². The second-order valence-electron chi connectivity index (χ2n) is 2.78. The zero-order valence-corrected chi connectivity index (χ0v) is 9.84. The number of rotatable bonds is 2. The van der Waals surface area contributed by atoms with Gasteiger partial charge in [0.05, 0.1) is 19.8 Å². The fourth-order valence-corrected chi connectivity index (χ4v) is 1.54. The molecule has 0 unspecified atom stereocenters. The van der Waals surface area contributed by atoms with Crippen LogP contribution in [0.25, 0.3) is 0 Å². The maximum atomic E-state index is 11.2. The number of halogens is 1. The van der Waals surface area contributed by atoms with E-state index >= 15 is 0 Å². The first kappa shape index (κ1) is 11.0. The first-order valence-electron chi connectivity index (χ1n) is 4.02. The van der Waals surface area contributed by atoms with E-state index in [0.717, 1.165) is 10.0 Å². The Morgan fingerprint density at radius 1 is 1.36 bits per heavy atom. The summed E-state index contributed by atoms with van der Waals surface area (Å²) in [6, 6.07) is 3.37. The van der Waals surface area contributed by atoms with E-state index < -0.39 is 0 Å². The molecule has 1 aromatic carbocycles. The smallest absolute Gasteiger partial charge is 0.338 e. The van der Waals surface area contributed by atoms with E-state index in [4.69, 9.17) is 4.74 Å². The number of methoxy groups -OCH3 is 2. The van der Waals surface area contributed by atoms with Gasteiger partial charge in [-0.3, -0.25) is 0 Å². The maximum Gasteiger partial charge on any atom is 0.338 e. The van der Waals surface area contributed by atoms with Gasteiger partial charge in [0.2, 0.25) is 0 Å². The maximum absolute atomic E-state index is 11.2. The molecule has 0 saturated heterocycles. The van der Waals surface area contributed by atoms with Crippen LogP contribution in [0, 0.1) is 6.92 Å². The van der Waals surface area contributed by atoms with Crippen LogP contribution in [0.3, 0.4) is 0 Å². The van der Waals surface area contributed by atoms with Gasteiger partial charge in [-0.1, -0.05) is 15.9 Å². The molecule has 0 fully saturated rings. The van der Waals surface area contributed by atoms with Gasteiger partial charge in [0.15, 0.2) is 0 Å². The van der Waals surface area contributed by atoms with E-state index in [1.165, 1.54) is 7.11 Å². The molecule has 1 rings (SSSR count). The summed E-state index contributed by atoms with van der Waals surface area (Å²) in [6.45, 7) is 1.91. The monoisotopic (exact) mass is 258 g/mol. The van der Waals surface area contributed by atoms with Gasteiger partial charge in [-0.15, -0.1) is 0 Å². The number of carbonyl (C=O) groups is 1. The minimum Gasteiger partial charge on any atom is -0.496 e. The minimum atomic E-state index is -0.371. The molecule has 0 atom stereocenters. The Hall–Kier alpha value is -1.03. The second-order valence-corrected chi connectivity index (χ2v) is 3.63. The van der Waals surface area contributed by atoms with Gasteiger partial charge < -0.3 is 9.47 Å². The lowest BCUT2D eigenvalue weighted by atomic mass is 10.1. The molecule has 0 amide bonds. The van der Waals surface area contributed by atoms with Crippen molar-refractivity contribution >= 4 is 21.9 Å². The number of benzene rings is 1. The lowest BCUT2D eigenvalue weighted by Crippen LogP contribution is -2.02. The summed E-state index contributed by atoms with van der Waals surface area (Å²) < 4.78 is 10.6.